The molecule has 2 aromatic carbocycles. The summed E-state index contributed by atoms with van der Waals surface area (Å²) in [5, 5.41) is 4.77. The number of benzene rings is 2. The van der Waals surface area contributed by atoms with Gasteiger partial charge in [-0.1, -0.05) is 0 Å². The Morgan fingerprint density at radius 2 is 1.74 bits per heavy atom. The van der Waals surface area contributed by atoms with Gasteiger partial charge in [0.05, 0.1) is 12.9 Å². The van der Waals surface area contributed by atoms with Crippen molar-refractivity contribution in [2.24, 2.45) is 0 Å². The molecule has 2 aromatic rings. The number of carbonyl (C=O) groups excluding carboxylic acids is 2. The molecule has 0 spiro atoms. The van der Waals surface area contributed by atoms with Crippen LogP contribution in [0.2, 0.25) is 0 Å². The standard InChI is InChI=1S/C16H15FN2O3S/c1-22-13-6-4-12(5-7-13)18-16(21)19-15(20)10-23-14-8-2-11(17)3-9-14/h2-9H,10H2,1H3,(H2,18,19,20,21). The summed E-state index contributed by atoms with van der Waals surface area (Å²) in [6.07, 6.45) is 0. The van der Waals surface area contributed by atoms with Gasteiger partial charge in [-0.15, -0.1) is 11.8 Å². The number of methoxy groups -OCH3 is 1. The van der Waals surface area contributed by atoms with E-state index in [9.17, 15) is 14.0 Å². The fourth-order valence-corrected chi connectivity index (χ4v) is 2.38. The minimum atomic E-state index is -0.611. The number of thioether (sulfide) groups is 1. The third-order valence-electron chi connectivity index (χ3n) is 2.78. The van der Waals surface area contributed by atoms with Crippen molar-refractivity contribution >= 4 is 29.4 Å². The predicted molar refractivity (Wildman–Crippen MR) is 87.3 cm³/mol. The van der Waals surface area contributed by atoms with Crippen LogP contribution < -0.4 is 15.4 Å². The monoisotopic (exact) mass is 334 g/mol. The Morgan fingerprint density at radius 1 is 1.09 bits per heavy atom. The molecule has 0 aromatic heterocycles. The molecule has 0 atom stereocenters. The summed E-state index contributed by atoms with van der Waals surface area (Å²) in [7, 11) is 1.55. The summed E-state index contributed by atoms with van der Waals surface area (Å²) >= 11 is 1.22. The molecular weight excluding hydrogens is 319 g/mol. The summed E-state index contributed by atoms with van der Waals surface area (Å²) < 4.78 is 17.8. The fourth-order valence-electron chi connectivity index (χ4n) is 1.68. The van der Waals surface area contributed by atoms with E-state index in [2.05, 4.69) is 10.6 Å². The van der Waals surface area contributed by atoms with Gasteiger partial charge in [-0.3, -0.25) is 10.1 Å². The number of rotatable bonds is 5. The Kier molecular flexibility index (Phi) is 5.99. The SMILES string of the molecule is COc1ccc(NC(=O)NC(=O)CSc2ccc(F)cc2)cc1. The first-order valence-electron chi connectivity index (χ1n) is 6.70. The number of nitrogens with one attached hydrogen (secondary N) is 2. The van der Waals surface area contributed by atoms with E-state index in [0.29, 0.717) is 11.4 Å². The van der Waals surface area contributed by atoms with E-state index in [0.717, 1.165) is 4.90 Å². The first-order valence-corrected chi connectivity index (χ1v) is 7.68. The first-order chi connectivity index (χ1) is 11.1. The molecule has 0 aliphatic carbocycles. The van der Waals surface area contributed by atoms with Crippen molar-refractivity contribution in [3.05, 3.63) is 54.3 Å². The van der Waals surface area contributed by atoms with Crippen LogP contribution in [0.25, 0.3) is 0 Å². The Bertz CT molecular complexity index is 675. The Hall–Kier alpha value is -2.54. The average Bonchev–Trinajstić information content (AvgIpc) is 2.55. The average molecular weight is 334 g/mol. The highest BCUT2D eigenvalue weighted by Crippen LogP contribution is 2.18. The van der Waals surface area contributed by atoms with Gasteiger partial charge >= 0.3 is 6.03 Å². The van der Waals surface area contributed by atoms with Gasteiger partial charge in [0, 0.05) is 10.6 Å². The summed E-state index contributed by atoms with van der Waals surface area (Å²) in [4.78, 5) is 24.1. The number of anilines is 1. The third kappa shape index (κ3) is 5.63. The Balaban J connectivity index is 1.77. The Morgan fingerprint density at radius 3 is 2.35 bits per heavy atom. The minimum absolute atomic E-state index is 0.0572. The van der Waals surface area contributed by atoms with Crippen molar-refractivity contribution in [2.45, 2.75) is 4.90 Å². The molecule has 0 saturated carbocycles. The fraction of sp³-hybridized carbons (Fsp3) is 0.125. The number of hydrogen-bond acceptors (Lipinski definition) is 4. The maximum atomic E-state index is 12.8. The van der Waals surface area contributed by atoms with E-state index in [1.165, 1.54) is 23.9 Å². The van der Waals surface area contributed by atoms with Crippen LogP contribution in [0.5, 0.6) is 5.75 Å². The molecule has 7 heteroatoms. The lowest BCUT2D eigenvalue weighted by Crippen LogP contribution is -2.35. The highest BCUT2D eigenvalue weighted by atomic mass is 32.2. The first kappa shape index (κ1) is 16.8. The van der Waals surface area contributed by atoms with Crippen LogP contribution in [0.4, 0.5) is 14.9 Å². The van der Waals surface area contributed by atoms with E-state index in [4.69, 9.17) is 4.74 Å². The van der Waals surface area contributed by atoms with E-state index in [-0.39, 0.29) is 11.6 Å². The van der Waals surface area contributed by atoms with Gasteiger partial charge in [0.15, 0.2) is 0 Å². The van der Waals surface area contributed by atoms with Gasteiger partial charge in [-0.05, 0) is 48.5 Å². The van der Waals surface area contributed by atoms with Crippen LogP contribution >= 0.6 is 11.8 Å². The van der Waals surface area contributed by atoms with Crippen molar-refractivity contribution in [2.75, 3.05) is 18.2 Å². The van der Waals surface area contributed by atoms with Gasteiger partial charge < -0.3 is 10.1 Å². The van der Waals surface area contributed by atoms with Crippen molar-refractivity contribution < 1.29 is 18.7 Å². The second-order valence-electron chi connectivity index (χ2n) is 4.47. The number of urea groups is 1. The number of amides is 3. The largest absolute Gasteiger partial charge is 0.497 e. The molecule has 0 unspecified atom stereocenters. The zero-order valence-corrected chi connectivity index (χ0v) is 13.2. The molecule has 0 fully saturated rings. The quantitative estimate of drug-likeness (QED) is 0.824. The van der Waals surface area contributed by atoms with Crippen molar-refractivity contribution in [1.29, 1.82) is 0 Å². The van der Waals surface area contributed by atoms with Crippen LogP contribution in [0, 0.1) is 5.82 Å². The minimum Gasteiger partial charge on any atom is -0.497 e. The van der Waals surface area contributed by atoms with Crippen LogP contribution in [0.15, 0.2) is 53.4 Å². The highest BCUT2D eigenvalue weighted by Gasteiger charge is 2.08. The molecule has 0 radical (unpaired) electrons. The van der Waals surface area contributed by atoms with Crippen LogP contribution in [0.1, 0.15) is 0 Å². The number of imide groups is 1. The van der Waals surface area contributed by atoms with E-state index in [1.54, 1.807) is 43.5 Å². The van der Waals surface area contributed by atoms with Gasteiger partial charge in [-0.25, -0.2) is 9.18 Å². The summed E-state index contributed by atoms with van der Waals surface area (Å²) in [6.45, 7) is 0. The lowest BCUT2D eigenvalue weighted by atomic mass is 10.3. The lowest BCUT2D eigenvalue weighted by molar-refractivity contribution is -0.117. The van der Waals surface area contributed by atoms with Gasteiger partial charge in [0.1, 0.15) is 11.6 Å². The number of halogens is 1. The molecule has 0 saturated heterocycles. The molecule has 23 heavy (non-hydrogen) atoms. The highest BCUT2D eigenvalue weighted by molar-refractivity contribution is 8.00. The molecule has 0 aliphatic rings. The number of carbonyl (C=O) groups is 2. The second-order valence-corrected chi connectivity index (χ2v) is 5.52. The van der Waals surface area contributed by atoms with E-state index < -0.39 is 11.9 Å². The van der Waals surface area contributed by atoms with Crippen LogP contribution in [-0.2, 0) is 4.79 Å². The van der Waals surface area contributed by atoms with E-state index >= 15 is 0 Å². The third-order valence-corrected chi connectivity index (χ3v) is 3.80. The maximum Gasteiger partial charge on any atom is 0.325 e. The molecule has 2 N–H and O–H groups in total. The topological polar surface area (TPSA) is 67.4 Å². The van der Waals surface area contributed by atoms with E-state index in [1.807, 2.05) is 0 Å². The van der Waals surface area contributed by atoms with Gasteiger partial charge in [-0.2, -0.15) is 0 Å². The normalized spacial score (nSPS) is 10.0. The summed E-state index contributed by atoms with van der Waals surface area (Å²) in [6, 6.07) is 11.9. The smallest absolute Gasteiger partial charge is 0.325 e. The van der Waals surface area contributed by atoms with Crippen LogP contribution in [0.3, 0.4) is 0 Å². The molecule has 0 heterocycles. The number of hydrogen-bond donors (Lipinski definition) is 2. The lowest BCUT2D eigenvalue weighted by Gasteiger charge is -2.07. The molecule has 0 aliphatic heterocycles. The van der Waals surface area contributed by atoms with Crippen molar-refractivity contribution in [3.8, 4) is 5.75 Å². The molecule has 5 nitrogen and oxygen atoms in total. The Labute approximate surface area is 137 Å². The second kappa shape index (κ2) is 8.19. The molecule has 120 valence electrons. The predicted octanol–water partition coefficient (Wildman–Crippen LogP) is 3.27. The zero-order valence-electron chi connectivity index (χ0n) is 12.3. The summed E-state index contributed by atoms with van der Waals surface area (Å²) in [5.74, 6) is -0.0486. The van der Waals surface area contributed by atoms with Gasteiger partial charge in [0.2, 0.25) is 5.91 Å². The molecule has 2 rings (SSSR count). The molecule has 3 amide bonds. The van der Waals surface area contributed by atoms with Crippen molar-refractivity contribution in [3.63, 3.8) is 0 Å². The van der Waals surface area contributed by atoms with Gasteiger partial charge in [0.25, 0.3) is 0 Å². The number of ether oxygens (including phenoxy) is 1. The summed E-state index contributed by atoms with van der Waals surface area (Å²) in [5.41, 5.74) is 0.544. The van der Waals surface area contributed by atoms with Crippen LogP contribution in [-0.4, -0.2) is 24.8 Å². The molecular formula is C16H15FN2O3S. The maximum absolute atomic E-state index is 12.8. The molecule has 0 bridgehead atoms. The zero-order chi connectivity index (χ0) is 16.7. The van der Waals surface area contributed by atoms with Crippen molar-refractivity contribution in [1.82, 2.24) is 5.32 Å².